The summed E-state index contributed by atoms with van der Waals surface area (Å²) in [6.07, 6.45) is 0. The molecule has 6 nitrogen and oxygen atoms in total. The van der Waals surface area contributed by atoms with Crippen LogP contribution in [0.4, 0.5) is 5.95 Å². The predicted octanol–water partition coefficient (Wildman–Crippen LogP) is 4.85. The number of methoxy groups -OCH3 is 2. The molecule has 8 heteroatoms. The van der Waals surface area contributed by atoms with E-state index in [9.17, 15) is 0 Å². The second kappa shape index (κ2) is 12.5. The number of imidazole rings is 1. The smallest absolute Gasteiger partial charge is 0.204 e. The second-order valence-electron chi connectivity index (χ2n) is 6.63. The van der Waals surface area contributed by atoms with Gasteiger partial charge in [0.15, 0.2) is 0 Å². The Balaban J connectivity index is 0.00000225. The number of nitrogens with one attached hydrogen (secondary N) is 1. The largest absolute Gasteiger partial charge is 0.497 e. The van der Waals surface area contributed by atoms with Crippen LogP contribution in [-0.4, -0.2) is 48.3 Å². The van der Waals surface area contributed by atoms with E-state index in [4.69, 9.17) is 14.5 Å². The molecule has 166 valence electrons. The lowest BCUT2D eigenvalue weighted by Gasteiger charge is -2.19. The van der Waals surface area contributed by atoms with Gasteiger partial charge in [0.25, 0.3) is 0 Å². The summed E-state index contributed by atoms with van der Waals surface area (Å²) in [6.45, 7) is 9.01. The van der Waals surface area contributed by atoms with E-state index in [1.807, 2.05) is 24.3 Å². The number of rotatable bonds is 10. The molecule has 0 radical (unpaired) electrons. The molecule has 1 aromatic heterocycles. The quantitative estimate of drug-likeness (QED) is 0.474. The number of para-hydroxylation sites is 2. The fourth-order valence-electron chi connectivity index (χ4n) is 3.39. The monoisotopic (exact) mass is 454 g/mol. The zero-order valence-corrected chi connectivity index (χ0v) is 19.7. The molecule has 0 saturated heterocycles. The number of ether oxygens (including phenoxy) is 2. The Morgan fingerprint density at radius 3 is 2.40 bits per heavy atom. The van der Waals surface area contributed by atoms with Gasteiger partial charge < -0.3 is 24.3 Å². The van der Waals surface area contributed by atoms with E-state index in [0.29, 0.717) is 6.54 Å². The van der Waals surface area contributed by atoms with Crippen LogP contribution < -0.4 is 14.8 Å². The minimum Gasteiger partial charge on any atom is -0.497 e. The molecule has 0 unspecified atom stereocenters. The van der Waals surface area contributed by atoms with Crippen LogP contribution in [0.3, 0.4) is 0 Å². The summed E-state index contributed by atoms with van der Waals surface area (Å²) in [4.78, 5) is 7.24. The molecule has 0 atom stereocenters. The summed E-state index contributed by atoms with van der Waals surface area (Å²) < 4.78 is 13.1. The molecule has 1 N–H and O–H groups in total. The van der Waals surface area contributed by atoms with Crippen LogP contribution in [0.1, 0.15) is 19.4 Å². The molecule has 30 heavy (non-hydrogen) atoms. The van der Waals surface area contributed by atoms with Crippen molar-refractivity contribution in [2.75, 3.05) is 39.2 Å². The maximum Gasteiger partial charge on any atom is 0.204 e. The molecular formula is C22H32Cl2N4O2. The lowest BCUT2D eigenvalue weighted by Crippen LogP contribution is -2.27. The standard InChI is InChI=1S/C22H30N4O2.2ClH/c1-5-25(6-2)13-14-26-20-10-8-7-9-19(20)24-22(26)23-16-17-11-12-18(27-3)15-21(17)28-4;;/h7-12,15H,5-6,13-14,16H2,1-4H3,(H,23,24);2*1H. The minimum absolute atomic E-state index is 0. The minimum atomic E-state index is 0. The van der Waals surface area contributed by atoms with Gasteiger partial charge in [-0.3, -0.25) is 0 Å². The summed E-state index contributed by atoms with van der Waals surface area (Å²) in [5, 5.41) is 3.50. The SMILES string of the molecule is CCN(CC)CCn1c(NCc2ccc(OC)cc2OC)nc2ccccc21.Cl.Cl. The molecule has 0 spiro atoms. The highest BCUT2D eigenvalue weighted by Gasteiger charge is 2.12. The average molecular weight is 455 g/mol. The van der Waals surface area contributed by atoms with Gasteiger partial charge in [-0.1, -0.05) is 26.0 Å². The predicted molar refractivity (Wildman–Crippen MR) is 129 cm³/mol. The summed E-state index contributed by atoms with van der Waals surface area (Å²) in [5.74, 6) is 2.47. The first kappa shape index (κ1) is 25.9. The highest BCUT2D eigenvalue weighted by molar-refractivity contribution is 5.85. The summed E-state index contributed by atoms with van der Waals surface area (Å²) in [5.41, 5.74) is 3.22. The van der Waals surface area contributed by atoms with Crippen LogP contribution in [0.15, 0.2) is 42.5 Å². The van der Waals surface area contributed by atoms with E-state index in [1.165, 1.54) is 0 Å². The number of nitrogens with zero attached hydrogens (tertiary/aromatic N) is 3. The maximum atomic E-state index is 5.52. The van der Waals surface area contributed by atoms with Gasteiger partial charge in [0, 0.05) is 31.3 Å². The Bertz CT molecular complexity index is 913. The summed E-state index contributed by atoms with van der Waals surface area (Å²) in [7, 11) is 3.34. The molecule has 0 aliphatic rings. The first-order valence-electron chi connectivity index (χ1n) is 9.82. The average Bonchev–Trinajstić information content (AvgIpc) is 3.10. The number of fused-ring (bicyclic) bond motifs is 1. The van der Waals surface area contributed by atoms with E-state index in [1.54, 1.807) is 14.2 Å². The lowest BCUT2D eigenvalue weighted by atomic mass is 10.2. The van der Waals surface area contributed by atoms with Crippen LogP contribution in [0.5, 0.6) is 11.5 Å². The van der Waals surface area contributed by atoms with E-state index < -0.39 is 0 Å². The van der Waals surface area contributed by atoms with Crippen molar-refractivity contribution in [3.8, 4) is 11.5 Å². The molecule has 0 fully saturated rings. The molecular weight excluding hydrogens is 423 g/mol. The number of likely N-dealkylation sites (N-methyl/N-ethyl adjacent to an activating group) is 1. The second-order valence-corrected chi connectivity index (χ2v) is 6.63. The topological polar surface area (TPSA) is 51.5 Å². The third-order valence-electron chi connectivity index (χ3n) is 5.12. The highest BCUT2D eigenvalue weighted by Crippen LogP contribution is 2.26. The molecule has 0 saturated carbocycles. The van der Waals surface area contributed by atoms with E-state index >= 15 is 0 Å². The van der Waals surface area contributed by atoms with Crippen molar-refractivity contribution < 1.29 is 9.47 Å². The van der Waals surface area contributed by atoms with E-state index in [0.717, 1.165) is 60.2 Å². The Hall–Kier alpha value is -2.15. The molecule has 0 bridgehead atoms. The van der Waals surface area contributed by atoms with Crippen molar-refractivity contribution in [3.05, 3.63) is 48.0 Å². The van der Waals surface area contributed by atoms with E-state index in [2.05, 4.69) is 46.8 Å². The molecule has 0 amide bonds. The van der Waals surface area contributed by atoms with Crippen LogP contribution in [0.2, 0.25) is 0 Å². The lowest BCUT2D eigenvalue weighted by molar-refractivity contribution is 0.292. The Labute approximate surface area is 191 Å². The van der Waals surface area contributed by atoms with Crippen molar-refractivity contribution in [2.45, 2.75) is 26.9 Å². The summed E-state index contributed by atoms with van der Waals surface area (Å²) in [6, 6.07) is 14.2. The van der Waals surface area contributed by atoms with Gasteiger partial charge in [-0.05, 0) is 37.4 Å². The van der Waals surface area contributed by atoms with Gasteiger partial charge >= 0.3 is 0 Å². The molecule has 0 aliphatic heterocycles. The maximum absolute atomic E-state index is 5.52. The van der Waals surface area contributed by atoms with Crippen LogP contribution in [0.25, 0.3) is 11.0 Å². The van der Waals surface area contributed by atoms with Gasteiger partial charge in [0.2, 0.25) is 5.95 Å². The third kappa shape index (κ3) is 5.94. The van der Waals surface area contributed by atoms with Crippen molar-refractivity contribution in [2.24, 2.45) is 0 Å². The Kier molecular flexibility index (Phi) is 10.8. The van der Waals surface area contributed by atoms with E-state index in [-0.39, 0.29) is 24.8 Å². The number of halogens is 2. The highest BCUT2D eigenvalue weighted by atomic mass is 35.5. The molecule has 0 aliphatic carbocycles. The van der Waals surface area contributed by atoms with Gasteiger partial charge in [0.1, 0.15) is 11.5 Å². The van der Waals surface area contributed by atoms with Gasteiger partial charge in [-0.15, -0.1) is 24.8 Å². The van der Waals surface area contributed by atoms with Crippen molar-refractivity contribution in [1.82, 2.24) is 14.5 Å². The Morgan fingerprint density at radius 1 is 1.00 bits per heavy atom. The van der Waals surface area contributed by atoms with Crippen LogP contribution >= 0.6 is 24.8 Å². The number of hydrogen-bond donors (Lipinski definition) is 1. The van der Waals surface area contributed by atoms with Crippen LogP contribution in [0, 0.1) is 0 Å². The fourth-order valence-corrected chi connectivity index (χ4v) is 3.39. The molecule has 3 rings (SSSR count). The normalized spacial score (nSPS) is 10.4. The number of hydrogen-bond acceptors (Lipinski definition) is 5. The number of benzene rings is 2. The first-order chi connectivity index (χ1) is 13.7. The first-order valence-corrected chi connectivity index (χ1v) is 9.82. The van der Waals surface area contributed by atoms with Crippen molar-refractivity contribution in [1.29, 1.82) is 0 Å². The van der Waals surface area contributed by atoms with Gasteiger partial charge in [-0.25, -0.2) is 4.98 Å². The van der Waals surface area contributed by atoms with Crippen molar-refractivity contribution in [3.63, 3.8) is 0 Å². The third-order valence-corrected chi connectivity index (χ3v) is 5.12. The number of anilines is 1. The molecule has 1 heterocycles. The van der Waals surface area contributed by atoms with Gasteiger partial charge in [0.05, 0.1) is 25.3 Å². The summed E-state index contributed by atoms with van der Waals surface area (Å²) >= 11 is 0. The van der Waals surface area contributed by atoms with Crippen LogP contribution in [-0.2, 0) is 13.1 Å². The molecule has 2 aromatic carbocycles. The Morgan fingerprint density at radius 2 is 1.73 bits per heavy atom. The molecule has 3 aromatic rings. The van der Waals surface area contributed by atoms with Crippen molar-refractivity contribution >= 4 is 41.8 Å². The fraction of sp³-hybridized carbons (Fsp3) is 0.409. The zero-order chi connectivity index (χ0) is 19.9. The zero-order valence-electron chi connectivity index (χ0n) is 18.1. The van der Waals surface area contributed by atoms with Gasteiger partial charge in [-0.2, -0.15) is 0 Å². The number of aromatic nitrogens is 2.